The van der Waals surface area contributed by atoms with Crippen molar-refractivity contribution in [2.75, 3.05) is 19.6 Å². The minimum atomic E-state index is 0.0365. The molecule has 4 aromatic rings. The van der Waals surface area contributed by atoms with Crippen molar-refractivity contribution in [2.45, 2.75) is 27.3 Å². The fraction of sp³-hybridized carbons (Fsp3) is 0.241. The summed E-state index contributed by atoms with van der Waals surface area (Å²) in [6.07, 6.45) is 8.25. The lowest BCUT2D eigenvalue weighted by molar-refractivity contribution is 0.103. The number of carbonyl (C=O) groups is 1. The van der Waals surface area contributed by atoms with Crippen LogP contribution in [-0.4, -0.2) is 39.9 Å². The zero-order chi connectivity index (χ0) is 23.2. The second-order valence-electron chi connectivity index (χ2n) is 8.37. The maximum absolute atomic E-state index is 13.0. The largest absolute Gasteiger partial charge is 0.340 e. The predicted molar refractivity (Wildman–Crippen MR) is 137 cm³/mol. The number of pyridine rings is 1. The molecule has 0 radical (unpaired) electrons. The summed E-state index contributed by atoms with van der Waals surface area (Å²) in [5.74, 6) is 0.0365. The molecular weight excluding hydrogens is 406 g/mol. The van der Waals surface area contributed by atoms with Crippen LogP contribution in [0.1, 0.15) is 46.6 Å². The van der Waals surface area contributed by atoms with Crippen molar-refractivity contribution in [1.29, 1.82) is 0 Å². The minimum absolute atomic E-state index is 0.0365. The van der Waals surface area contributed by atoms with Gasteiger partial charge in [-0.05, 0) is 43.8 Å². The monoisotopic (exact) mass is 437 g/mol. The van der Waals surface area contributed by atoms with Gasteiger partial charge in [0.05, 0.1) is 11.2 Å². The Morgan fingerprint density at radius 2 is 1.82 bits per heavy atom. The summed E-state index contributed by atoms with van der Waals surface area (Å²) < 4.78 is 2.00. The maximum Gasteiger partial charge on any atom is 0.209 e. The molecule has 2 aromatic carbocycles. The Bertz CT molecular complexity index is 1260. The highest BCUT2D eigenvalue weighted by Crippen LogP contribution is 2.21. The van der Waals surface area contributed by atoms with Gasteiger partial charge < -0.3 is 9.47 Å². The second-order valence-corrected chi connectivity index (χ2v) is 8.37. The van der Waals surface area contributed by atoms with Crippen molar-refractivity contribution in [1.82, 2.24) is 14.5 Å². The highest BCUT2D eigenvalue weighted by atomic mass is 16.1. The van der Waals surface area contributed by atoms with Crippen LogP contribution in [0.3, 0.4) is 0 Å². The van der Waals surface area contributed by atoms with Crippen molar-refractivity contribution >= 4 is 22.8 Å². The summed E-state index contributed by atoms with van der Waals surface area (Å²) in [7, 11) is 0. The number of para-hydroxylation sites is 1. The lowest BCUT2D eigenvalue weighted by Gasteiger charge is -2.14. The number of rotatable bonds is 9. The van der Waals surface area contributed by atoms with Crippen LogP contribution in [-0.2, 0) is 6.54 Å². The summed E-state index contributed by atoms with van der Waals surface area (Å²) in [5.41, 5.74) is 5.74. The van der Waals surface area contributed by atoms with Crippen molar-refractivity contribution in [2.24, 2.45) is 0 Å². The van der Waals surface area contributed by atoms with E-state index in [0.717, 1.165) is 47.2 Å². The topological polar surface area (TPSA) is 38.1 Å². The molecule has 4 heteroatoms. The van der Waals surface area contributed by atoms with Crippen LogP contribution in [0, 0.1) is 6.92 Å². The Kier molecular flexibility index (Phi) is 7.16. The van der Waals surface area contributed by atoms with E-state index in [-0.39, 0.29) is 5.78 Å². The van der Waals surface area contributed by atoms with E-state index in [4.69, 9.17) is 4.98 Å². The van der Waals surface area contributed by atoms with E-state index in [9.17, 15) is 4.79 Å². The third-order valence-corrected chi connectivity index (χ3v) is 6.08. The van der Waals surface area contributed by atoms with E-state index >= 15 is 0 Å². The third kappa shape index (κ3) is 5.29. The molecule has 0 atom stereocenters. The number of aryl methyl sites for hydroxylation is 1. The molecule has 2 heterocycles. The van der Waals surface area contributed by atoms with Gasteiger partial charge >= 0.3 is 0 Å². The average Bonchev–Trinajstić information content (AvgIpc) is 3.30. The number of hydrogen-bond acceptors (Lipinski definition) is 3. The number of benzene rings is 2. The van der Waals surface area contributed by atoms with Crippen molar-refractivity contribution in [3.8, 4) is 0 Å². The van der Waals surface area contributed by atoms with Gasteiger partial charge in [0.25, 0.3) is 0 Å². The van der Waals surface area contributed by atoms with Gasteiger partial charge in [-0.25, -0.2) is 0 Å². The van der Waals surface area contributed by atoms with Gasteiger partial charge in [0.15, 0.2) is 0 Å². The lowest BCUT2D eigenvalue weighted by atomic mass is 10.1. The standard InChI is InChI=1S/C29H31N3O/c1-4-31(5-2)17-7-11-24-9-6-10-26-19-23(20-30-28(24)26)21-32-18-8-12-27(32)29(33)25-15-13-22(3)14-16-25/h6-16,18-20H,4-5,17,21H2,1-3H3/b11-7+. The minimum Gasteiger partial charge on any atom is -0.340 e. The van der Waals surface area contributed by atoms with E-state index in [2.05, 4.69) is 55.2 Å². The van der Waals surface area contributed by atoms with Gasteiger partial charge in [0.2, 0.25) is 5.78 Å². The normalized spacial score (nSPS) is 11.6. The Morgan fingerprint density at radius 1 is 1.03 bits per heavy atom. The molecule has 0 N–H and O–H groups in total. The van der Waals surface area contributed by atoms with Crippen LogP contribution in [0.2, 0.25) is 0 Å². The first-order chi connectivity index (χ1) is 16.1. The van der Waals surface area contributed by atoms with Crippen LogP contribution >= 0.6 is 0 Å². The fourth-order valence-electron chi connectivity index (χ4n) is 4.07. The third-order valence-electron chi connectivity index (χ3n) is 6.08. The molecule has 4 nitrogen and oxygen atoms in total. The van der Waals surface area contributed by atoms with Gasteiger partial charge in [0.1, 0.15) is 0 Å². The summed E-state index contributed by atoms with van der Waals surface area (Å²) in [6, 6.07) is 20.0. The van der Waals surface area contributed by atoms with Crippen LogP contribution in [0.25, 0.3) is 17.0 Å². The van der Waals surface area contributed by atoms with E-state index < -0.39 is 0 Å². The molecule has 0 saturated carbocycles. The van der Waals surface area contributed by atoms with Gasteiger partial charge in [0, 0.05) is 42.0 Å². The van der Waals surface area contributed by atoms with E-state index in [1.807, 2.05) is 60.3 Å². The molecule has 0 spiro atoms. The first kappa shape index (κ1) is 22.7. The molecule has 2 aromatic heterocycles. The van der Waals surface area contributed by atoms with Crippen LogP contribution in [0.4, 0.5) is 0 Å². The number of fused-ring (bicyclic) bond motifs is 1. The number of ketones is 1. The van der Waals surface area contributed by atoms with Crippen LogP contribution < -0.4 is 0 Å². The second kappa shape index (κ2) is 10.4. The van der Waals surface area contributed by atoms with E-state index in [1.54, 1.807) is 0 Å². The summed E-state index contributed by atoms with van der Waals surface area (Å²) in [6.45, 7) is 10.0. The molecule has 0 bridgehead atoms. The van der Waals surface area contributed by atoms with Crippen molar-refractivity contribution in [3.05, 3.63) is 107 Å². The van der Waals surface area contributed by atoms with Crippen molar-refractivity contribution in [3.63, 3.8) is 0 Å². The smallest absolute Gasteiger partial charge is 0.209 e. The zero-order valence-corrected chi connectivity index (χ0v) is 19.7. The quantitative estimate of drug-likeness (QED) is 0.302. The SMILES string of the molecule is CCN(CC)C/C=C/c1cccc2cc(Cn3cccc3C(=O)c3ccc(C)cc3)cnc12. The van der Waals surface area contributed by atoms with E-state index in [0.29, 0.717) is 17.8 Å². The highest BCUT2D eigenvalue weighted by Gasteiger charge is 2.14. The van der Waals surface area contributed by atoms with Crippen LogP contribution in [0.15, 0.2) is 79.1 Å². The number of aromatic nitrogens is 2. The van der Waals surface area contributed by atoms with E-state index in [1.165, 1.54) is 0 Å². The molecule has 168 valence electrons. The Morgan fingerprint density at radius 3 is 2.58 bits per heavy atom. The lowest BCUT2D eigenvalue weighted by Crippen LogP contribution is -2.22. The van der Waals surface area contributed by atoms with Gasteiger partial charge in [-0.2, -0.15) is 0 Å². The number of nitrogens with zero attached hydrogens (tertiary/aromatic N) is 3. The summed E-state index contributed by atoms with van der Waals surface area (Å²) in [5, 5.41) is 1.11. The summed E-state index contributed by atoms with van der Waals surface area (Å²) >= 11 is 0. The molecule has 4 rings (SSSR count). The van der Waals surface area contributed by atoms with Gasteiger partial charge in [-0.15, -0.1) is 0 Å². The molecule has 0 aliphatic carbocycles. The Balaban J connectivity index is 1.55. The molecule has 0 fully saturated rings. The first-order valence-electron chi connectivity index (χ1n) is 11.6. The van der Waals surface area contributed by atoms with Gasteiger partial charge in [-0.1, -0.05) is 74.0 Å². The zero-order valence-electron chi connectivity index (χ0n) is 19.7. The molecule has 0 saturated heterocycles. The average molecular weight is 438 g/mol. The Labute approximate surface area is 196 Å². The number of likely N-dealkylation sites (N-methyl/N-ethyl adjacent to an activating group) is 1. The molecule has 0 aliphatic heterocycles. The van der Waals surface area contributed by atoms with Gasteiger partial charge in [-0.3, -0.25) is 9.78 Å². The highest BCUT2D eigenvalue weighted by molar-refractivity contribution is 6.08. The first-order valence-corrected chi connectivity index (χ1v) is 11.6. The molecule has 33 heavy (non-hydrogen) atoms. The fourth-order valence-corrected chi connectivity index (χ4v) is 4.07. The van der Waals surface area contributed by atoms with Crippen LogP contribution in [0.5, 0.6) is 0 Å². The molecule has 0 amide bonds. The summed E-state index contributed by atoms with van der Waals surface area (Å²) in [4.78, 5) is 20.2. The molecular formula is C29H31N3O. The predicted octanol–water partition coefficient (Wildman–Crippen LogP) is 5.98. The number of carbonyl (C=O) groups excluding carboxylic acids is 1. The molecule has 0 unspecified atom stereocenters. The Hall–Kier alpha value is -3.50. The number of hydrogen-bond donors (Lipinski definition) is 0. The van der Waals surface area contributed by atoms with Crippen molar-refractivity contribution < 1.29 is 4.79 Å². The molecule has 0 aliphatic rings. The maximum atomic E-state index is 13.0.